The number of benzene rings is 8. The molecule has 262 valence electrons. The van der Waals surface area contributed by atoms with Crippen LogP contribution in [0, 0.1) is 0 Å². The van der Waals surface area contributed by atoms with E-state index < -0.39 is 0 Å². The van der Waals surface area contributed by atoms with Gasteiger partial charge in [-0.1, -0.05) is 140 Å². The lowest BCUT2D eigenvalue weighted by Crippen LogP contribution is -2.00. The molecule has 5 nitrogen and oxygen atoms in total. The highest BCUT2D eigenvalue weighted by Crippen LogP contribution is 2.38. The van der Waals surface area contributed by atoms with Crippen LogP contribution in [0.25, 0.3) is 100 Å². The van der Waals surface area contributed by atoms with Crippen molar-refractivity contribution >= 4 is 43.5 Å². The first-order chi connectivity index (χ1) is 27.7. The highest BCUT2D eigenvalue weighted by Gasteiger charge is 2.17. The Morgan fingerprint density at radius 1 is 0.321 bits per heavy atom. The van der Waals surface area contributed by atoms with Crippen molar-refractivity contribution in [2.45, 2.75) is 0 Å². The first-order valence-corrected chi connectivity index (χ1v) is 18.9. The quantitative estimate of drug-likeness (QED) is 0.172. The number of aromatic nitrogens is 5. The lowest BCUT2D eigenvalue weighted by Gasteiger charge is -2.12. The molecule has 0 bridgehead atoms. The van der Waals surface area contributed by atoms with Crippen LogP contribution in [0.1, 0.15) is 0 Å². The fourth-order valence-corrected chi connectivity index (χ4v) is 8.07. The fraction of sp³-hybridized carbons (Fsp3) is 0. The number of para-hydroxylation sites is 2. The molecule has 0 spiro atoms. The Kier molecular flexibility index (Phi) is 7.42. The molecule has 0 aliphatic carbocycles. The second-order valence-corrected chi connectivity index (χ2v) is 14.1. The van der Waals surface area contributed by atoms with Gasteiger partial charge < -0.3 is 9.13 Å². The summed E-state index contributed by atoms with van der Waals surface area (Å²) >= 11 is 0. The Bertz CT molecular complexity index is 3160. The monoisotopic (exact) mass is 715 g/mol. The second kappa shape index (κ2) is 13.0. The SMILES string of the molecule is c1ccc(-c2nc(-c3ccccc3)nc(-c3cccc(-c4ccc(-n5ccc6cc7c(ccc8c9ccccc9n(-c9ccccc9)c78)cc65)cc4)c3)n2)cc1. The Labute approximate surface area is 323 Å². The smallest absolute Gasteiger partial charge is 0.164 e. The molecule has 0 amide bonds. The van der Waals surface area contributed by atoms with Crippen LogP contribution in [-0.2, 0) is 0 Å². The van der Waals surface area contributed by atoms with Crippen molar-refractivity contribution in [3.8, 4) is 56.7 Å². The standard InChI is InChI=1S/C51H33N5/c1-4-13-35(14-5-1)49-52-50(36-15-6-2-7-16-36)54-51(53-49)40-18-12-17-37(31-40)34-23-26-41(27-24-34)55-30-29-39-32-45-38(33-47(39)55)25-28-44-43-21-10-11-22-46(43)56(48(44)45)42-19-8-3-9-20-42/h1-33H. The van der Waals surface area contributed by atoms with Gasteiger partial charge in [-0.2, -0.15) is 0 Å². The van der Waals surface area contributed by atoms with Gasteiger partial charge in [0.1, 0.15) is 0 Å². The van der Waals surface area contributed by atoms with Crippen LogP contribution >= 0.6 is 0 Å². The molecule has 8 aromatic carbocycles. The summed E-state index contributed by atoms with van der Waals surface area (Å²) in [6, 6.07) is 68.3. The van der Waals surface area contributed by atoms with Gasteiger partial charge in [-0.05, 0) is 71.1 Å². The summed E-state index contributed by atoms with van der Waals surface area (Å²) in [4.78, 5) is 14.8. The average molecular weight is 716 g/mol. The van der Waals surface area contributed by atoms with Crippen LogP contribution in [0.4, 0.5) is 0 Å². The largest absolute Gasteiger partial charge is 0.317 e. The van der Waals surface area contributed by atoms with E-state index in [2.05, 4.69) is 149 Å². The molecule has 0 saturated carbocycles. The molecule has 0 fully saturated rings. The Morgan fingerprint density at radius 2 is 0.929 bits per heavy atom. The molecule has 0 N–H and O–H groups in total. The minimum absolute atomic E-state index is 0.642. The van der Waals surface area contributed by atoms with Gasteiger partial charge in [-0.25, -0.2) is 15.0 Å². The number of rotatable bonds is 6. The topological polar surface area (TPSA) is 48.5 Å². The Hall–Kier alpha value is -7.63. The third-order valence-corrected chi connectivity index (χ3v) is 10.8. The van der Waals surface area contributed by atoms with E-state index in [1.54, 1.807) is 0 Å². The molecule has 11 aromatic rings. The molecule has 0 aliphatic heterocycles. The normalized spacial score (nSPS) is 11.6. The maximum absolute atomic E-state index is 4.95. The molecular weight excluding hydrogens is 683 g/mol. The lowest BCUT2D eigenvalue weighted by atomic mass is 10.0. The lowest BCUT2D eigenvalue weighted by molar-refractivity contribution is 1.07. The summed E-state index contributed by atoms with van der Waals surface area (Å²) in [6.07, 6.45) is 2.18. The van der Waals surface area contributed by atoms with Crippen LogP contribution in [0.3, 0.4) is 0 Å². The molecule has 0 unspecified atom stereocenters. The van der Waals surface area contributed by atoms with Gasteiger partial charge >= 0.3 is 0 Å². The van der Waals surface area contributed by atoms with Gasteiger partial charge in [0.2, 0.25) is 0 Å². The van der Waals surface area contributed by atoms with Crippen molar-refractivity contribution in [2.75, 3.05) is 0 Å². The summed E-state index contributed by atoms with van der Waals surface area (Å²) < 4.78 is 4.70. The van der Waals surface area contributed by atoms with E-state index in [-0.39, 0.29) is 0 Å². The third-order valence-electron chi connectivity index (χ3n) is 10.8. The van der Waals surface area contributed by atoms with E-state index in [9.17, 15) is 0 Å². The molecule has 3 heterocycles. The van der Waals surface area contributed by atoms with Crippen LogP contribution < -0.4 is 0 Å². The zero-order valence-electron chi connectivity index (χ0n) is 30.3. The van der Waals surface area contributed by atoms with E-state index in [0.717, 1.165) is 39.2 Å². The maximum atomic E-state index is 4.95. The molecule has 11 rings (SSSR count). The van der Waals surface area contributed by atoms with Gasteiger partial charge in [0.25, 0.3) is 0 Å². The number of hydrogen-bond acceptors (Lipinski definition) is 3. The van der Waals surface area contributed by atoms with E-state index in [0.29, 0.717) is 17.5 Å². The molecule has 56 heavy (non-hydrogen) atoms. The van der Waals surface area contributed by atoms with Crippen molar-refractivity contribution in [1.29, 1.82) is 0 Å². The summed E-state index contributed by atoms with van der Waals surface area (Å²) in [5.41, 5.74) is 11.0. The maximum Gasteiger partial charge on any atom is 0.164 e. The first kappa shape index (κ1) is 31.9. The van der Waals surface area contributed by atoms with Crippen molar-refractivity contribution < 1.29 is 0 Å². The molecule has 3 aromatic heterocycles. The molecule has 0 atom stereocenters. The number of nitrogens with zero attached hydrogens (tertiary/aromatic N) is 5. The zero-order valence-corrected chi connectivity index (χ0v) is 30.3. The predicted molar refractivity (Wildman–Crippen MR) is 230 cm³/mol. The first-order valence-electron chi connectivity index (χ1n) is 18.9. The minimum atomic E-state index is 0.642. The highest BCUT2D eigenvalue weighted by atomic mass is 15.0. The Morgan fingerprint density at radius 3 is 1.64 bits per heavy atom. The van der Waals surface area contributed by atoms with Gasteiger partial charge in [0.15, 0.2) is 17.5 Å². The van der Waals surface area contributed by atoms with Crippen molar-refractivity contribution in [2.24, 2.45) is 0 Å². The van der Waals surface area contributed by atoms with Crippen LogP contribution in [-0.4, -0.2) is 24.1 Å². The van der Waals surface area contributed by atoms with Crippen molar-refractivity contribution in [3.05, 3.63) is 200 Å². The number of fused-ring (bicyclic) bond motifs is 6. The van der Waals surface area contributed by atoms with Gasteiger partial charge in [-0.15, -0.1) is 0 Å². The van der Waals surface area contributed by atoms with Crippen LogP contribution in [0.2, 0.25) is 0 Å². The molecule has 0 saturated heterocycles. The summed E-state index contributed by atoms with van der Waals surface area (Å²) in [5, 5.41) is 6.18. The van der Waals surface area contributed by atoms with E-state index in [1.807, 2.05) is 60.7 Å². The molecule has 0 aliphatic rings. The Balaban J connectivity index is 0.967. The predicted octanol–water partition coefficient (Wildman–Crippen LogP) is 12.7. The molecule has 5 heteroatoms. The zero-order chi connectivity index (χ0) is 37.0. The second-order valence-electron chi connectivity index (χ2n) is 14.1. The summed E-state index contributed by atoms with van der Waals surface area (Å²) in [5.74, 6) is 1.95. The van der Waals surface area contributed by atoms with Gasteiger partial charge in [0, 0.05) is 55.8 Å². The summed E-state index contributed by atoms with van der Waals surface area (Å²) in [6.45, 7) is 0. The minimum Gasteiger partial charge on any atom is -0.317 e. The summed E-state index contributed by atoms with van der Waals surface area (Å²) in [7, 11) is 0. The highest BCUT2D eigenvalue weighted by molar-refractivity contribution is 6.20. The van der Waals surface area contributed by atoms with Crippen molar-refractivity contribution in [3.63, 3.8) is 0 Å². The van der Waals surface area contributed by atoms with E-state index in [1.165, 1.54) is 43.5 Å². The van der Waals surface area contributed by atoms with E-state index in [4.69, 9.17) is 15.0 Å². The average Bonchev–Trinajstić information content (AvgIpc) is 3.85. The van der Waals surface area contributed by atoms with Gasteiger partial charge in [-0.3, -0.25) is 0 Å². The van der Waals surface area contributed by atoms with Crippen LogP contribution in [0.15, 0.2) is 200 Å². The molecular formula is C51H33N5. The molecule has 0 radical (unpaired) electrons. The number of hydrogen-bond donors (Lipinski definition) is 0. The fourth-order valence-electron chi connectivity index (χ4n) is 8.07. The van der Waals surface area contributed by atoms with E-state index >= 15 is 0 Å². The van der Waals surface area contributed by atoms with Crippen LogP contribution in [0.5, 0.6) is 0 Å². The van der Waals surface area contributed by atoms with Crippen molar-refractivity contribution in [1.82, 2.24) is 24.1 Å². The van der Waals surface area contributed by atoms with Gasteiger partial charge in [0.05, 0.1) is 16.6 Å². The third kappa shape index (κ3) is 5.37.